The summed E-state index contributed by atoms with van der Waals surface area (Å²) in [7, 11) is 2.61. The second kappa shape index (κ2) is 10.8. The molecule has 0 radical (unpaired) electrons. The van der Waals surface area contributed by atoms with E-state index in [0.29, 0.717) is 0 Å². The Morgan fingerprint density at radius 3 is 1.43 bits per heavy atom. The van der Waals surface area contributed by atoms with Crippen LogP contribution in [0.5, 0.6) is 0 Å². The van der Waals surface area contributed by atoms with Crippen LogP contribution >= 0.6 is 20.5 Å². The molecule has 0 aromatic heterocycles. The van der Waals surface area contributed by atoms with Crippen LogP contribution in [0.3, 0.4) is 0 Å². The molecule has 3 saturated carbocycles. The van der Waals surface area contributed by atoms with Gasteiger partial charge in [0.25, 0.3) is 0 Å². The third kappa shape index (κ3) is 5.10. The third-order valence-electron chi connectivity index (χ3n) is 8.13. The fourth-order valence-corrected chi connectivity index (χ4v) is 39.5. The monoisotopic (exact) mass is 526 g/mol. The van der Waals surface area contributed by atoms with Gasteiger partial charge in [-0.05, 0) is 0 Å². The Balaban J connectivity index is 1.63. The molecule has 156 valence electrons. The van der Waals surface area contributed by atoms with Gasteiger partial charge in [0.2, 0.25) is 0 Å². The molecule has 3 aliphatic carbocycles. The fourth-order valence-electron chi connectivity index (χ4n) is 6.80. The zero-order valence-corrected chi connectivity index (χ0v) is 22.1. The van der Waals surface area contributed by atoms with Gasteiger partial charge in [0.05, 0.1) is 0 Å². The first-order valence-electron chi connectivity index (χ1n) is 12.2. The molecular formula is C25H39ClSSn. The van der Waals surface area contributed by atoms with Gasteiger partial charge in [-0.2, -0.15) is 0 Å². The molecular weight excluding hydrogens is 487 g/mol. The molecule has 0 amide bonds. The van der Waals surface area contributed by atoms with Crippen molar-refractivity contribution in [2.75, 3.05) is 0 Å². The summed E-state index contributed by atoms with van der Waals surface area (Å²) < 4.78 is 3.52. The van der Waals surface area contributed by atoms with Crippen LogP contribution in [0.25, 0.3) is 0 Å². The van der Waals surface area contributed by atoms with Crippen molar-refractivity contribution in [3.8, 4) is 0 Å². The normalized spacial score (nSPS) is 23.8. The van der Waals surface area contributed by atoms with E-state index in [1.165, 1.54) is 80.9 Å². The van der Waals surface area contributed by atoms with E-state index in [9.17, 15) is 0 Å². The van der Waals surface area contributed by atoms with E-state index in [0.717, 1.165) is 5.02 Å². The zero-order valence-electron chi connectivity index (χ0n) is 17.6. The SMILES string of the molecule is Clc1ccc(C[S][Sn]([CH]2CCCCC2)([CH]2CCCCC2)[CH]2CCCCC2)cc1. The molecule has 0 nitrogen and oxygen atoms in total. The molecule has 0 unspecified atom stereocenters. The Hall–Kier alpha value is 0.659. The molecule has 3 fully saturated rings. The molecule has 1 aromatic carbocycles. The van der Waals surface area contributed by atoms with Gasteiger partial charge in [-0.1, -0.05) is 0 Å². The van der Waals surface area contributed by atoms with Crippen molar-refractivity contribution >= 4 is 37.5 Å². The summed E-state index contributed by atoms with van der Waals surface area (Å²) in [4.78, 5) is 0. The predicted molar refractivity (Wildman–Crippen MR) is 129 cm³/mol. The summed E-state index contributed by atoms with van der Waals surface area (Å²) in [5.74, 6) is 1.27. The van der Waals surface area contributed by atoms with Gasteiger partial charge in [0.1, 0.15) is 0 Å². The summed E-state index contributed by atoms with van der Waals surface area (Å²) >= 11 is 3.77. The molecule has 3 aliphatic rings. The maximum atomic E-state index is 6.17. The summed E-state index contributed by atoms with van der Waals surface area (Å²) in [6.45, 7) is 0. The summed E-state index contributed by atoms with van der Waals surface area (Å²) in [6.07, 6.45) is 23.3. The molecule has 0 spiro atoms. The van der Waals surface area contributed by atoms with Gasteiger partial charge in [0.15, 0.2) is 0 Å². The molecule has 28 heavy (non-hydrogen) atoms. The van der Waals surface area contributed by atoms with Crippen LogP contribution in [0, 0.1) is 0 Å². The molecule has 1 aromatic rings. The van der Waals surface area contributed by atoms with Gasteiger partial charge in [0, 0.05) is 0 Å². The molecule has 0 aliphatic heterocycles. The van der Waals surface area contributed by atoms with E-state index in [4.69, 9.17) is 11.6 Å². The van der Waals surface area contributed by atoms with Crippen molar-refractivity contribution in [1.29, 1.82) is 0 Å². The van der Waals surface area contributed by atoms with Crippen LogP contribution < -0.4 is 0 Å². The number of hydrogen-bond donors (Lipinski definition) is 0. The Morgan fingerprint density at radius 2 is 1.04 bits per heavy atom. The Kier molecular flexibility index (Phi) is 8.44. The van der Waals surface area contributed by atoms with E-state index in [1.807, 2.05) is 0 Å². The van der Waals surface area contributed by atoms with Gasteiger partial charge >= 0.3 is 186 Å². The minimum atomic E-state index is -2.40. The van der Waals surface area contributed by atoms with Crippen molar-refractivity contribution in [1.82, 2.24) is 0 Å². The average Bonchev–Trinajstić information content (AvgIpc) is 2.78. The second-order valence-electron chi connectivity index (χ2n) is 9.77. The van der Waals surface area contributed by atoms with E-state index < -0.39 is 17.0 Å². The van der Waals surface area contributed by atoms with Gasteiger partial charge in [-0.3, -0.25) is 0 Å². The fraction of sp³-hybridized carbons (Fsp3) is 0.760. The van der Waals surface area contributed by atoms with Gasteiger partial charge < -0.3 is 0 Å². The van der Waals surface area contributed by atoms with Gasteiger partial charge in [-0.25, -0.2) is 0 Å². The molecule has 0 heterocycles. The van der Waals surface area contributed by atoms with Crippen LogP contribution in [-0.4, -0.2) is 17.0 Å². The average molecular weight is 526 g/mol. The molecule has 0 bridgehead atoms. The first kappa shape index (κ1) is 21.9. The molecule has 0 saturated heterocycles. The molecule has 0 atom stereocenters. The predicted octanol–water partition coefficient (Wildman–Crippen LogP) is 9.52. The summed E-state index contributed by atoms with van der Waals surface area (Å²) in [6, 6.07) is 8.82. The van der Waals surface area contributed by atoms with Crippen LogP contribution in [0.1, 0.15) is 102 Å². The third-order valence-corrected chi connectivity index (χ3v) is 37.5. The van der Waals surface area contributed by atoms with Crippen LogP contribution in [0.4, 0.5) is 0 Å². The number of rotatable bonds is 6. The van der Waals surface area contributed by atoms with Crippen LogP contribution in [0.2, 0.25) is 16.8 Å². The molecule has 0 N–H and O–H groups in total. The first-order valence-corrected chi connectivity index (χ1v) is 22.0. The van der Waals surface area contributed by atoms with Crippen molar-refractivity contribution in [3.63, 3.8) is 0 Å². The topological polar surface area (TPSA) is 0 Å². The van der Waals surface area contributed by atoms with E-state index >= 15 is 0 Å². The van der Waals surface area contributed by atoms with Crippen LogP contribution in [-0.2, 0) is 5.75 Å². The molecule has 4 rings (SSSR count). The summed E-state index contributed by atoms with van der Waals surface area (Å²) in [5.41, 5.74) is 1.53. The van der Waals surface area contributed by atoms with E-state index in [1.54, 1.807) is 38.5 Å². The number of benzene rings is 1. The quantitative estimate of drug-likeness (QED) is 0.333. The van der Waals surface area contributed by atoms with Crippen molar-refractivity contribution in [2.45, 2.75) is 114 Å². The van der Waals surface area contributed by atoms with E-state index in [-0.39, 0.29) is 0 Å². The minimum absolute atomic E-state index is 0.885. The zero-order chi connectivity index (χ0) is 19.2. The Morgan fingerprint density at radius 1 is 0.643 bits per heavy atom. The standard InChI is InChI=1S/C7H7ClS.3C6H11.Sn/c8-7-3-1-6(5-9)2-4-7;3*1-2-4-6-5-3-1;/h1-4,9H,5H2;3*1H,2-6H2;/q;;;;+1/p-1. The Labute approximate surface area is 185 Å². The Bertz CT molecular complexity index is 538. The van der Waals surface area contributed by atoms with Crippen molar-refractivity contribution < 1.29 is 0 Å². The number of hydrogen-bond acceptors (Lipinski definition) is 1. The van der Waals surface area contributed by atoms with Crippen molar-refractivity contribution in [3.05, 3.63) is 34.9 Å². The van der Waals surface area contributed by atoms with Crippen molar-refractivity contribution in [2.24, 2.45) is 0 Å². The molecule has 3 heteroatoms. The number of halogens is 1. The van der Waals surface area contributed by atoms with Gasteiger partial charge in [-0.15, -0.1) is 0 Å². The second-order valence-corrected chi connectivity index (χ2v) is 29.9. The van der Waals surface area contributed by atoms with E-state index in [2.05, 4.69) is 33.2 Å². The summed E-state index contributed by atoms with van der Waals surface area (Å²) in [5, 5.41) is 0.885. The maximum absolute atomic E-state index is 6.17. The van der Waals surface area contributed by atoms with Crippen LogP contribution in [0.15, 0.2) is 24.3 Å². The first-order chi connectivity index (χ1) is 13.8.